The number of halogens is 1. The number of rotatable bonds is 1. The van der Waals surface area contributed by atoms with Gasteiger partial charge in [0.1, 0.15) is 0 Å². The Morgan fingerprint density at radius 1 is 1.67 bits per heavy atom. The Labute approximate surface area is 59.1 Å². The molecule has 9 heavy (non-hydrogen) atoms. The molecule has 0 aromatic heterocycles. The van der Waals surface area contributed by atoms with Crippen molar-refractivity contribution in [3.63, 3.8) is 0 Å². The van der Waals surface area contributed by atoms with Crippen molar-refractivity contribution in [3.05, 3.63) is 0 Å². The zero-order valence-electron chi connectivity index (χ0n) is 5.26. The maximum absolute atomic E-state index is 10.7. The topological polar surface area (TPSA) is 26.3 Å². The summed E-state index contributed by atoms with van der Waals surface area (Å²) >= 11 is 5.69. The third-order valence-corrected chi connectivity index (χ3v) is 2.22. The average molecular weight is 149 g/mol. The van der Waals surface area contributed by atoms with E-state index in [1.54, 1.807) is 0 Å². The highest BCUT2D eigenvalue weighted by Crippen LogP contribution is 2.32. The molecule has 0 unspecified atom stereocenters. The van der Waals surface area contributed by atoms with Crippen molar-refractivity contribution in [3.8, 4) is 0 Å². The summed E-state index contributed by atoms with van der Waals surface area (Å²) in [4.78, 5) is 10.7. The van der Waals surface area contributed by atoms with Crippen LogP contribution in [0.4, 0.5) is 0 Å². The van der Waals surface area contributed by atoms with Gasteiger partial charge in [0, 0.05) is 5.38 Å². The van der Waals surface area contributed by atoms with Crippen LogP contribution in [0.3, 0.4) is 0 Å². The number of ether oxygens (including phenoxy) is 1. The van der Waals surface area contributed by atoms with Gasteiger partial charge in [-0.1, -0.05) is 0 Å². The van der Waals surface area contributed by atoms with E-state index in [0.29, 0.717) is 0 Å². The summed E-state index contributed by atoms with van der Waals surface area (Å²) in [5.41, 5.74) is 0. The summed E-state index contributed by atoms with van der Waals surface area (Å²) in [7, 11) is 1.39. The van der Waals surface area contributed by atoms with Crippen LogP contribution in [0.2, 0.25) is 0 Å². The summed E-state index contributed by atoms with van der Waals surface area (Å²) in [6, 6.07) is 0. The van der Waals surface area contributed by atoms with Crippen LogP contribution in [-0.4, -0.2) is 18.5 Å². The van der Waals surface area contributed by atoms with Gasteiger partial charge in [0.25, 0.3) is 0 Å². The Kier molecular flexibility index (Phi) is 1.96. The summed E-state index contributed by atoms with van der Waals surface area (Å²) in [6.45, 7) is 0. The van der Waals surface area contributed by atoms with Crippen LogP contribution in [0.1, 0.15) is 12.8 Å². The van der Waals surface area contributed by atoms with Crippen molar-refractivity contribution >= 4 is 17.6 Å². The molecule has 0 radical (unpaired) electrons. The highest BCUT2D eigenvalue weighted by atomic mass is 35.5. The lowest BCUT2D eigenvalue weighted by molar-refractivity contribution is -0.147. The van der Waals surface area contributed by atoms with E-state index in [4.69, 9.17) is 11.6 Å². The molecule has 2 atom stereocenters. The number of hydrogen-bond acceptors (Lipinski definition) is 2. The molecular weight excluding hydrogens is 140 g/mol. The molecule has 0 heterocycles. The maximum Gasteiger partial charge on any atom is 0.310 e. The van der Waals surface area contributed by atoms with Crippen LogP contribution in [-0.2, 0) is 9.53 Å². The van der Waals surface area contributed by atoms with Crippen LogP contribution >= 0.6 is 11.6 Å². The van der Waals surface area contributed by atoms with Crippen LogP contribution in [0.25, 0.3) is 0 Å². The Hall–Kier alpha value is -0.240. The van der Waals surface area contributed by atoms with Gasteiger partial charge in [-0.3, -0.25) is 4.79 Å². The molecule has 52 valence electrons. The molecule has 0 aromatic carbocycles. The molecule has 0 bridgehead atoms. The summed E-state index contributed by atoms with van der Waals surface area (Å²) in [5.74, 6) is -0.196. The molecule has 1 rings (SSSR count). The molecular formula is C6H9ClO2. The SMILES string of the molecule is COC(=O)[C@@H]1CC[C@@H]1Cl. The lowest BCUT2D eigenvalue weighted by Crippen LogP contribution is -2.34. The predicted octanol–water partition coefficient (Wildman–Crippen LogP) is 1.18. The molecule has 1 fully saturated rings. The highest BCUT2D eigenvalue weighted by Gasteiger charge is 2.35. The standard InChI is InChI=1S/C6H9ClO2/c1-9-6(8)4-2-3-5(4)7/h4-5H,2-3H2,1H3/t4-,5+/m1/s1. The second kappa shape index (κ2) is 2.56. The molecule has 1 aliphatic carbocycles. The van der Waals surface area contributed by atoms with Gasteiger partial charge in [-0.05, 0) is 12.8 Å². The van der Waals surface area contributed by atoms with E-state index >= 15 is 0 Å². The number of carbonyl (C=O) groups excluding carboxylic acids is 1. The van der Waals surface area contributed by atoms with Crippen LogP contribution in [0.15, 0.2) is 0 Å². The van der Waals surface area contributed by atoms with Crippen molar-refractivity contribution in [1.29, 1.82) is 0 Å². The first kappa shape index (κ1) is 6.87. The van der Waals surface area contributed by atoms with Crippen molar-refractivity contribution in [2.75, 3.05) is 7.11 Å². The fourth-order valence-corrected chi connectivity index (χ4v) is 1.23. The highest BCUT2D eigenvalue weighted by molar-refractivity contribution is 6.22. The Bertz CT molecular complexity index is 124. The zero-order chi connectivity index (χ0) is 6.85. The Morgan fingerprint density at radius 2 is 2.33 bits per heavy atom. The van der Waals surface area contributed by atoms with E-state index in [1.807, 2.05) is 0 Å². The first-order valence-corrected chi connectivity index (χ1v) is 3.41. The normalized spacial score (nSPS) is 33.1. The summed E-state index contributed by atoms with van der Waals surface area (Å²) in [5, 5.41) is 0.0254. The van der Waals surface area contributed by atoms with Crippen LogP contribution in [0.5, 0.6) is 0 Å². The summed E-state index contributed by atoms with van der Waals surface area (Å²) in [6.07, 6.45) is 1.84. The van der Waals surface area contributed by atoms with Gasteiger partial charge < -0.3 is 4.74 Å². The molecule has 0 saturated heterocycles. The Balaban J connectivity index is 2.35. The van der Waals surface area contributed by atoms with E-state index in [0.717, 1.165) is 12.8 Å². The zero-order valence-corrected chi connectivity index (χ0v) is 6.02. The van der Waals surface area contributed by atoms with E-state index in [2.05, 4.69) is 4.74 Å². The van der Waals surface area contributed by atoms with E-state index < -0.39 is 0 Å². The molecule has 0 aliphatic heterocycles. The average Bonchev–Trinajstić information content (AvgIpc) is 1.84. The van der Waals surface area contributed by atoms with Gasteiger partial charge in [0.05, 0.1) is 13.0 Å². The number of alkyl halides is 1. The Morgan fingerprint density at radius 3 is 2.44 bits per heavy atom. The third-order valence-electron chi connectivity index (χ3n) is 1.69. The van der Waals surface area contributed by atoms with Gasteiger partial charge in [0.2, 0.25) is 0 Å². The molecule has 3 heteroatoms. The molecule has 0 aromatic rings. The van der Waals surface area contributed by atoms with Crippen molar-refractivity contribution in [2.45, 2.75) is 18.2 Å². The smallest absolute Gasteiger partial charge is 0.310 e. The number of methoxy groups -OCH3 is 1. The number of hydrogen-bond donors (Lipinski definition) is 0. The summed E-state index contributed by atoms with van der Waals surface area (Å²) < 4.78 is 4.50. The van der Waals surface area contributed by atoms with Crippen LogP contribution in [0, 0.1) is 5.92 Å². The van der Waals surface area contributed by atoms with E-state index in [9.17, 15) is 4.79 Å². The lowest BCUT2D eigenvalue weighted by Gasteiger charge is -2.28. The molecule has 0 N–H and O–H groups in total. The molecule has 2 nitrogen and oxygen atoms in total. The molecule has 1 aliphatic rings. The van der Waals surface area contributed by atoms with Crippen molar-refractivity contribution in [2.24, 2.45) is 5.92 Å². The fourth-order valence-electron chi connectivity index (χ4n) is 0.876. The minimum atomic E-state index is -0.166. The van der Waals surface area contributed by atoms with E-state index in [1.165, 1.54) is 7.11 Å². The second-order valence-corrected chi connectivity index (χ2v) is 2.78. The largest absolute Gasteiger partial charge is 0.469 e. The maximum atomic E-state index is 10.7. The molecule has 0 amide bonds. The fraction of sp³-hybridized carbons (Fsp3) is 0.833. The quantitative estimate of drug-likeness (QED) is 0.412. The van der Waals surface area contributed by atoms with E-state index in [-0.39, 0.29) is 17.3 Å². The predicted molar refractivity (Wildman–Crippen MR) is 34.4 cm³/mol. The van der Waals surface area contributed by atoms with Gasteiger partial charge in [-0.2, -0.15) is 0 Å². The third kappa shape index (κ3) is 1.18. The van der Waals surface area contributed by atoms with Crippen molar-refractivity contribution in [1.82, 2.24) is 0 Å². The lowest BCUT2D eigenvalue weighted by atomic mass is 9.85. The number of carbonyl (C=O) groups is 1. The van der Waals surface area contributed by atoms with Gasteiger partial charge in [-0.15, -0.1) is 11.6 Å². The minimum absolute atomic E-state index is 0.0254. The number of esters is 1. The van der Waals surface area contributed by atoms with Crippen molar-refractivity contribution < 1.29 is 9.53 Å². The first-order valence-electron chi connectivity index (χ1n) is 2.97. The monoisotopic (exact) mass is 148 g/mol. The molecule has 1 saturated carbocycles. The molecule has 0 spiro atoms. The van der Waals surface area contributed by atoms with Crippen LogP contribution < -0.4 is 0 Å². The van der Waals surface area contributed by atoms with Gasteiger partial charge >= 0.3 is 5.97 Å². The van der Waals surface area contributed by atoms with Gasteiger partial charge in [0.15, 0.2) is 0 Å². The second-order valence-electron chi connectivity index (χ2n) is 2.22. The first-order chi connectivity index (χ1) is 4.25. The van der Waals surface area contributed by atoms with Gasteiger partial charge in [-0.25, -0.2) is 0 Å². The minimum Gasteiger partial charge on any atom is -0.469 e.